The molecule has 0 bridgehead atoms. The Bertz CT molecular complexity index is 1920. The number of piperidine rings is 4. The normalized spacial score (nSPS) is 17.8. The fourth-order valence-electron chi connectivity index (χ4n) is 8.95. The molecule has 4 aromatic carbocycles. The maximum Gasteiger partial charge on any atom is 0.335 e. The van der Waals surface area contributed by atoms with Crippen LogP contribution in [0, 0.1) is 31.6 Å². The maximum atomic E-state index is 11.1. The van der Waals surface area contributed by atoms with E-state index in [0.29, 0.717) is 35.0 Å². The number of benzene rings is 4. The van der Waals surface area contributed by atoms with Gasteiger partial charge in [0.15, 0.2) is 0 Å². The maximum absolute atomic E-state index is 11.1. The summed E-state index contributed by atoms with van der Waals surface area (Å²) in [6.07, 6.45) is 11.7. The number of aromatic carboxylic acids is 1. The first kappa shape index (κ1) is 61.2. The third-order valence-electron chi connectivity index (χ3n) is 15.0. The lowest BCUT2D eigenvalue weighted by atomic mass is 9.78. The van der Waals surface area contributed by atoms with Crippen molar-refractivity contribution in [1.29, 1.82) is 0 Å². The highest BCUT2D eigenvalue weighted by Gasteiger charge is 2.31. The molecule has 0 saturated carbocycles. The Kier molecular flexibility index (Phi) is 25.8. The molecule has 4 aromatic rings. The largest absolute Gasteiger partial charge is 0.478 e. The number of carbonyl (C=O) groups is 2. The molecular weight excluding hydrogens is 841 g/mol. The van der Waals surface area contributed by atoms with Crippen molar-refractivity contribution in [2.75, 3.05) is 72.0 Å². The number of carboxylic acids is 1. The summed E-state index contributed by atoms with van der Waals surface area (Å²) < 4.78 is 0. The minimum absolute atomic E-state index is 0. The fraction of sp³-hybridized carbons (Fsp3) is 0.567. The summed E-state index contributed by atoms with van der Waals surface area (Å²) in [5, 5.41) is 19.0. The van der Waals surface area contributed by atoms with Crippen molar-refractivity contribution >= 4 is 34.5 Å². The molecule has 8 heteroatoms. The van der Waals surface area contributed by atoms with Crippen molar-refractivity contribution in [1.82, 2.24) is 0 Å². The number of carbonyl (C=O) groups excluding carboxylic acids is 1. The van der Waals surface area contributed by atoms with Crippen LogP contribution < -0.4 is 19.6 Å². The van der Waals surface area contributed by atoms with E-state index < -0.39 is 11.6 Å². The van der Waals surface area contributed by atoms with Gasteiger partial charge in [-0.05, 0) is 137 Å². The Morgan fingerprint density at radius 1 is 0.456 bits per heavy atom. The Labute approximate surface area is 416 Å². The number of anilines is 4. The molecule has 0 aromatic heterocycles. The minimum atomic E-state index is -0.862. The van der Waals surface area contributed by atoms with Gasteiger partial charge in [-0.2, -0.15) is 0 Å². The van der Waals surface area contributed by atoms with E-state index in [1.54, 1.807) is 12.1 Å². The van der Waals surface area contributed by atoms with Crippen LogP contribution in [0.3, 0.4) is 0 Å². The molecule has 8 rings (SSSR count). The van der Waals surface area contributed by atoms with Gasteiger partial charge in [0.1, 0.15) is 5.78 Å². The van der Waals surface area contributed by atoms with Crippen LogP contribution in [0.15, 0.2) is 97.1 Å². The van der Waals surface area contributed by atoms with Crippen molar-refractivity contribution in [3.8, 4) is 0 Å². The molecule has 4 fully saturated rings. The molecule has 4 aliphatic rings. The summed E-state index contributed by atoms with van der Waals surface area (Å²) in [7, 11) is 0. The van der Waals surface area contributed by atoms with E-state index in [0.717, 1.165) is 64.2 Å². The third kappa shape index (κ3) is 18.3. The Morgan fingerprint density at radius 2 is 0.721 bits per heavy atom. The molecule has 0 amide bonds. The number of hydrogen-bond donors (Lipinski definition) is 2. The van der Waals surface area contributed by atoms with Gasteiger partial charge in [-0.1, -0.05) is 130 Å². The number of aliphatic hydroxyl groups is 1. The van der Waals surface area contributed by atoms with Crippen molar-refractivity contribution in [2.45, 2.75) is 161 Å². The zero-order valence-corrected chi connectivity index (χ0v) is 40.7. The van der Waals surface area contributed by atoms with E-state index in [2.05, 4.69) is 148 Å². The van der Waals surface area contributed by atoms with Crippen molar-refractivity contribution in [3.05, 3.63) is 119 Å². The average Bonchev–Trinajstić information content (AvgIpc) is 3.32. The van der Waals surface area contributed by atoms with Crippen LogP contribution in [0.5, 0.6) is 0 Å². The minimum Gasteiger partial charge on any atom is -0.478 e. The Hall–Kier alpha value is -4.82. The van der Waals surface area contributed by atoms with Crippen LogP contribution in [0.25, 0.3) is 0 Å². The molecule has 380 valence electrons. The molecule has 0 radical (unpaired) electrons. The molecule has 4 heterocycles. The van der Waals surface area contributed by atoms with Crippen LogP contribution in [-0.4, -0.2) is 79.9 Å². The van der Waals surface area contributed by atoms with E-state index in [9.17, 15) is 14.7 Å². The first-order valence-corrected chi connectivity index (χ1v) is 24.3. The van der Waals surface area contributed by atoms with Crippen molar-refractivity contribution < 1.29 is 19.8 Å². The average molecular weight is 937 g/mol. The number of Topliss-reactive ketones (excluding diaryl/α,β-unsaturated/α-hetero) is 1. The number of aryl methyl sites for hydroxylation is 3. The number of ketones is 1. The molecule has 0 aliphatic carbocycles. The predicted octanol–water partition coefficient (Wildman–Crippen LogP) is 14.9. The number of nitrogens with zero attached hydrogens (tertiary/aromatic N) is 4. The summed E-state index contributed by atoms with van der Waals surface area (Å²) in [4.78, 5) is 31.4. The highest BCUT2D eigenvalue weighted by molar-refractivity contribution is 5.88. The van der Waals surface area contributed by atoms with Gasteiger partial charge in [0, 0.05) is 87.9 Å². The van der Waals surface area contributed by atoms with E-state index in [4.69, 9.17) is 5.11 Å². The molecule has 0 unspecified atom stereocenters. The first-order valence-electron chi connectivity index (χ1n) is 24.3. The third-order valence-corrected chi connectivity index (χ3v) is 15.0. The second-order valence-electron chi connectivity index (χ2n) is 19.8. The predicted molar refractivity (Wildman–Crippen MR) is 297 cm³/mol. The van der Waals surface area contributed by atoms with Gasteiger partial charge < -0.3 is 29.8 Å². The van der Waals surface area contributed by atoms with Crippen LogP contribution in [0.2, 0.25) is 0 Å². The lowest BCUT2D eigenvalue weighted by Crippen LogP contribution is -2.44. The Morgan fingerprint density at radius 3 is 0.985 bits per heavy atom. The van der Waals surface area contributed by atoms with E-state index in [1.165, 1.54) is 85.4 Å². The van der Waals surface area contributed by atoms with Crippen LogP contribution >= 0.6 is 0 Å². The molecule has 0 atom stereocenters. The van der Waals surface area contributed by atoms with Gasteiger partial charge in [-0.15, -0.1) is 0 Å². The van der Waals surface area contributed by atoms with Gasteiger partial charge in [-0.3, -0.25) is 4.79 Å². The Balaban J connectivity index is 0.000000446. The second kappa shape index (κ2) is 28.6. The zero-order chi connectivity index (χ0) is 46.3. The molecule has 4 aliphatic heterocycles. The highest BCUT2D eigenvalue weighted by atomic mass is 16.4. The van der Waals surface area contributed by atoms with Gasteiger partial charge >= 0.3 is 5.97 Å². The first-order chi connectivity index (χ1) is 30.5. The summed E-state index contributed by atoms with van der Waals surface area (Å²) in [6, 6.07) is 33.3. The van der Waals surface area contributed by atoms with Crippen LogP contribution in [0.1, 0.15) is 162 Å². The summed E-state index contributed by atoms with van der Waals surface area (Å²) in [5.74, 6) is -0.466. The van der Waals surface area contributed by atoms with Crippen LogP contribution in [0.4, 0.5) is 22.7 Å². The summed E-state index contributed by atoms with van der Waals surface area (Å²) in [5.41, 5.74) is 9.98. The summed E-state index contributed by atoms with van der Waals surface area (Å²) in [6.45, 7) is 26.0. The van der Waals surface area contributed by atoms with Crippen molar-refractivity contribution in [3.63, 3.8) is 0 Å². The quantitative estimate of drug-likeness (QED) is 0.181. The zero-order valence-electron chi connectivity index (χ0n) is 40.7. The van der Waals surface area contributed by atoms with E-state index in [1.807, 2.05) is 12.1 Å². The van der Waals surface area contributed by atoms with Crippen LogP contribution in [-0.2, 0) is 4.79 Å². The van der Waals surface area contributed by atoms with Gasteiger partial charge in [0.05, 0.1) is 11.2 Å². The van der Waals surface area contributed by atoms with E-state index in [-0.39, 0.29) is 29.7 Å². The monoisotopic (exact) mass is 937 g/mol. The fourth-order valence-corrected chi connectivity index (χ4v) is 8.95. The lowest BCUT2D eigenvalue weighted by molar-refractivity contribution is -0.119. The number of carboxylic acid groups (broad SMARTS) is 1. The topological polar surface area (TPSA) is 87.6 Å². The second-order valence-corrected chi connectivity index (χ2v) is 19.8. The SMILES string of the molecule is C.C.C.C.CCC1(C)CCN(c2ccc(C(=O)O)cc2)CC1.CCC1(C)CCN(c2ccc(C)cc2)CC1.CCC1(O)CCN(c2ccc(C)cc2)CC1.Cc1ccc(N2CCC(=O)CC2)cc1. The molecule has 0 spiro atoms. The molecule has 2 N–H and O–H groups in total. The lowest BCUT2D eigenvalue weighted by Gasteiger charge is -2.40. The molecule has 68 heavy (non-hydrogen) atoms. The van der Waals surface area contributed by atoms with Gasteiger partial charge in [-0.25, -0.2) is 4.79 Å². The van der Waals surface area contributed by atoms with E-state index >= 15 is 0 Å². The molecule has 8 nitrogen and oxygen atoms in total. The van der Waals surface area contributed by atoms with Gasteiger partial charge in [0.25, 0.3) is 0 Å². The smallest absolute Gasteiger partial charge is 0.335 e. The molecular formula is C60H96N4O4. The standard InChI is InChI=1S/C15H21NO2.C15H23N.C14H21NO.C12H15NO.4CH4/c1-3-15(2)8-10-16(11-9-15)13-6-4-12(5-7-13)14(17)18;1-4-15(3)9-11-16(12-10-15)14-7-5-13(2)6-8-14;1-3-14(16)8-10-15(11-9-14)13-6-4-12(2)5-7-13;1-10-2-4-11(5-3-10)13-8-6-12(14)7-9-13;;;;/h4-7H,3,8-11H2,1-2H3,(H,17,18);5-8H,4,9-12H2,1-3H3;4-7,16H,3,8-11H2,1-2H3;2-5H,6-9H2,1H3;4*1H4. The number of hydrogen-bond acceptors (Lipinski definition) is 7. The molecule has 4 saturated heterocycles. The van der Waals surface area contributed by atoms with Gasteiger partial charge in [0.2, 0.25) is 0 Å². The van der Waals surface area contributed by atoms with Crippen molar-refractivity contribution in [2.24, 2.45) is 10.8 Å². The summed E-state index contributed by atoms with van der Waals surface area (Å²) >= 11 is 0. The highest BCUT2D eigenvalue weighted by Crippen LogP contribution is 2.37. The number of rotatable bonds is 8.